The van der Waals surface area contributed by atoms with Gasteiger partial charge < -0.3 is 0 Å². The lowest BCUT2D eigenvalue weighted by Crippen LogP contribution is -2.04. The van der Waals surface area contributed by atoms with E-state index in [0.717, 1.165) is 23.6 Å². The van der Waals surface area contributed by atoms with E-state index in [4.69, 9.17) is 6.42 Å². The van der Waals surface area contributed by atoms with Gasteiger partial charge >= 0.3 is 0 Å². The van der Waals surface area contributed by atoms with E-state index in [0.29, 0.717) is 18.7 Å². The number of benzene rings is 1. The average Bonchev–Trinajstić information content (AvgIpc) is 2.74. The van der Waals surface area contributed by atoms with Gasteiger partial charge in [0.1, 0.15) is 11.6 Å². The summed E-state index contributed by atoms with van der Waals surface area (Å²) in [5.74, 6) is 6.93. The van der Waals surface area contributed by atoms with E-state index >= 15 is 0 Å². The lowest BCUT2D eigenvalue weighted by molar-refractivity contribution is 0.871. The third-order valence-corrected chi connectivity index (χ3v) is 3.42. The fourth-order valence-corrected chi connectivity index (χ4v) is 2.20. The number of aromatic nitrogens is 3. The van der Waals surface area contributed by atoms with Gasteiger partial charge in [-0.1, -0.05) is 85.7 Å². The Kier molecular flexibility index (Phi) is 12.4. The summed E-state index contributed by atoms with van der Waals surface area (Å²) in [7, 11) is 0. The summed E-state index contributed by atoms with van der Waals surface area (Å²) >= 11 is 0. The summed E-state index contributed by atoms with van der Waals surface area (Å²) in [6.45, 7) is 3.76. The zero-order valence-electron chi connectivity index (χ0n) is 17.1. The summed E-state index contributed by atoms with van der Waals surface area (Å²) in [5, 5.41) is 0. The maximum absolute atomic E-state index is 5.19. The first kappa shape index (κ1) is 23.3. The summed E-state index contributed by atoms with van der Waals surface area (Å²) in [6.07, 6.45) is 27.7. The first-order chi connectivity index (χ1) is 14.2. The van der Waals surface area contributed by atoms with Crippen molar-refractivity contribution in [1.82, 2.24) is 15.0 Å². The molecule has 0 aliphatic heterocycles. The van der Waals surface area contributed by atoms with Crippen molar-refractivity contribution in [2.24, 2.45) is 0 Å². The maximum atomic E-state index is 5.19. The highest BCUT2D eigenvalue weighted by Gasteiger charge is 2.06. The van der Waals surface area contributed by atoms with Gasteiger partial charge in [-0.3, -0.25) is 0 Å². The van der Waals surface area contributed by atoms with E-state index in [1.807, 2.05) is 60.7 Å². The van der Waals surface area contributed by atoms with Gasteiger partial charge in [-0.15, -0.1) is 18.8 Å². The molecule has 0 bridgehead atoms. The largest absolute Gasteiger partial charge is 0.217 e. The first-order valence-electron chi connectivity index (χ1n) is 9.51. The van der Waals surface area contributed by atoms with Crippen molar-refractivity contribution in [3.05, 3.63) is 90.6 Å². The number of hydrogen-bond donors (Lipinski definition) is 0. The van der Waals surface area contributed by atoms with Crippen molar-refractivity contribution in [1.29, 1.82) is 0 Å². The average molecular weight is 382 g/mol. The number of rotatable bonds is 8. The van der Waals surface area contributed by atoms with E-state index in [-0.39, 0.29) is 0 Å². The second-order valence-corrected chi connectivity index (χ2v) is 5.77. The monoisotopic (exact) mass is 381 g/mol. The SMILES string of the molecule is C#C/C=C\C=C/Cc1nc(C/C=C\C=C/CC)nc(-c2ccccc2)n1.C#CC. The minimum atomic E-state index is 0.629. The lowest BCUT2D eigenvalue weighted by atomic mass is 10.2. The topological polar surface area (TPSA) is 38.7 Å². The molecule has 0 unspecified atom stereocenters. The fraction of sp³-hybridized carbons (Fsp3) is 0.192. The highest BCUT2D eigenvalue weighted by atomic mass is 15.0. The van der Waals surface area contributed by atoms with Crippen molar-refractivity contribution in [2.75, 3.05) is 0 Å². The number of allylic oxidation sites excluding steroid dienone is 8. The second kappa shape index (κ2) is 15.4. The molecule has 146 valence electrons. The van der Waals surface area contributed by atoms with E-state index < -0.39 is 0 Å². The van der Waals surface area contributed by atoms with Crippen LogP contribution in [0.3, 0.4) is 0 Å². The van der Waals surface area contributed by atoms with Crippen LogP contribution in [0.5, 0.6) is 0 Å². The Morgan fingerprint density at radius 1 is 0.828 bits per heavy atom. The van der Waals surface area contributed by atoms with Gasteiger partial charge in [0.15, 0.2) is 5.82 Å². The summed E-state index contributed by atoms with van der Waals surface area (Å²) in [5.41, 5.74) is 0.989. The van der Waals surface area contributed by atoms with Crippen molar-refractivity contribution in [3.8, 4) is 36.1 Å². The van der Waals surface area contributed by atoms with Gasteiger partial charge in [0, 0.05) is 18.4 Å². The first-order valence-corrected chi connectivity index (χ1v) is 9.51. The normalized spacial score (nSPS) is 10.9. The Hall–Kier alpha value is -3.69. The predicted molar refractivity (Wildman–Crippen MR) is 123 cm³/mol. The summed E-state index contributed by atoms with van der Waals surface area (Å²) < 4.78 is 0. The molecule has 2 aromatic rings. The van der Waals surface area contributed by atoms with Crippen LogP contribution in [0.25, 0.3) is 11.4 Å². The molecule has 0 saturated heterocycles. The third-order valence-electron chi connectivity index (χ3n) is 3.42. The number of hydrogen-bond acceptors (Lipinski definition) is 3. The molecular weight excluding hydrogens is 354 g/mol. The highest BCUT2D eigenvalue weighted by molar-refractivity contribution is 5.54. The number of nitrogens with zero attached hydrogens (tertiary/aromatic N) is 3. The zero-order chi connectivity index (χ0) is 21.2. The van der Waals surface area contributed by atoms with Crippen molar-refractivity contribution < 1.29 is 0 Å². The Labute approximate surface area is 175 Å². The molecule has 1 aromatic heterocycles. The minimum absolute atomic E-state index is 0.629. The molecule has 2 rings (SSSR count). The van der Waals surface area contributed by atoms with Gasteiger partial charge in [-0.2, -0.15) is 0 Å². The van der Waals surface area contributed by atoms with E-state index in [1.54, 1.807) is 13.0 Å². The fourth-order valence-electron chi connectivity index (χ4n) is 2.20. The van der Waals surface area contributed by atoms with Crippen molar-refractivity contribution in [3.63, 3.8) is 0 Å². The van der Waals surface area contributed by atoms with Gasteiger partial charge in [0.2, 0.25) is 0 Å². The highest BCUT2D eigenvalue weighted by Crippen LogP contribution is 2.15. The minimum Gasteiger partial charge on any atom is -0.217 e. The molecular formula is C26H27N3. The smallest absolute Gasteiger partial charge is 0.163 e. The number of terminal acetylenes is 2. The summed E-state index contributed by atoms with van der Waals surface area (Å²) in [6, 6.07) is 9.97. The van der Waals surface area contributed by atoms with Crippen LogP contribution in [0.4, 0.5) is 0 Å². The predicted octanol–water partition coefficient (Wildman–Crippen LogP) is 5.53. The van der Waals surface area contributed by atoms with Crippen LogP contribution >= 0.6 is 0 Å². The molecule has 1 heterocycles. The van der Waals surface area contributed by atoms with E-state index in [1.165, 1.54) is 0 Å². The van der Waals surface area contributed by atoms with Crippen LogP contribution in [0.15, 0.2) is 78.9 Å². The Balaban J connectivity index is 0.00000132. The molecule has 1 aromatic carbocycles. The molecule has 0 atom stereocenters. The van der Waals surface area contributed by atoms with Crippen LogP contribution < -0.4 is 0 Å². The van der Waals surface area contributed by atoms with Gasteiger partial charge in [-0.05, 0) is 19.4 Å². The van der Waals surface area contributed by atoms with Crippen LogP contribution in [0.2, 0.25) is 0 Å². The van der Waals surface area contributed by atoms with Crippen LogP contribution in [-0.2, 0) is 12.8 Å². The molecule has 3 nitrogen and oxygen atoms in total. The van der Waals surface area contributed by atoms with E-state index in [9.17, 15) is 0 Å². The molecule has 0 aliphatic carbocycles. The van der Waals surface area contributed by atoms with Crippen molar-refractivity contribution >= 4 is 0 Å². The Morgan fingerprint density at radius 3 is 1.93 bits per heavy atom. The van der Waals surface area contributed by atoms with Crippen molar-refractivity contribution in [2.45, 2.75) is 33.1 Å². The molecule has 0 saturated carbocycles. The Bertz CT molecular complexity index is 921. The third kappa shape index (κ3) is 10.3. The maximum Gasteiger partial charge on any atom is 0.163 e. The molecule has 0 spiro atoms. The molecule has 0 amide bonds. The standard InChI is InChI=1S/C23H23N3.C3H4/c1-3-5-7-9-14-18-21-24-22(19-15-10-8-6-4-2)26-23(25-21)20-16-12-11-13-17-20;1-3-2/h1,5-17H,4,18-19H2,2H3;1H,2H3/b7-5-,8-6-,14-9-,15-10-;. The lowest BCUT2D eigenvalue weighted by Gasteiger charge is -2.05. The quantitative estimate of drug-likeness (QED) is 0.446. The second-order valence-electron chi connectivity index (χ2n) is 5.77. The molecule has 3 heteroatoms. The van der Waals surface area contributed by atoms with Gasteiger partial charge in [0.05, 0.1) is 0 Å². The molecule has 0 radical (unpaired) electrons. The molecule has 0 aliphatic rings. The zero-order valence-corrected chi connectivity index (χ0v) is 17.1. The van der Waals surface area contributed by atoms with Crippen LogP contribution in [0, 0.1) is 24.7 Å². The summed E-state index contributed by atoms with van der Waals surface area (Å²) in [4.78, 5) is 13.8. The molecule has 0 N–H and O–H groups in total. The van der Waals surface area contributed by atoms with Crippen LogP contribution in [-0.4, -0.2) is 15.0 Å². The Morgan fingerprint density at radius 2 is 1.38 bits per heavy atom. The van der Waals surface area contributed by atoms with Gasteiger partial charge in [-0.25, -0.2) is 15.0 Å². The van der Waals surface area contributed by atoms with Crippen LogP contribution in [0.1, 0.15) is 31.9 Å². The molecule has 29 heavy (non-hydrogen) atoms. The molecule has 0 fully saturated rings. The van der Waals surface area contributed by atoms with E-state index in [2.05, 4.69) is 52.3 Å². The van der Waals surface area contributed by atoms with Gasteiger partial charge in [0.25, 0.3) is 0 Å².